The molecule has 0 aromatic heterocycles. The van der Waals surface area contributed by atoms with Gasteiger partial charge in [-0.3, -0.25) is 4.18 Å². The standard InChI is InChI=1S/C10H14O3S/c1-2-13-14(11,12)9-8-10-6-4-3-5-7-10/h3-7H,2,8-9H2,1H3. The van der Waals surface area contributed by atoms with Crippen LogP contribution in [0.2, 0.25) is 0 Å². The van der Waals surface area contributed by atoms with Gasteiger partial charge < -0.3 is 0 Å². The smallest absolute Gasteiger partial charge is 0.267 e. The van der Waals surface area contributed by atoms with Crippen LogP contribution in [-0.2, 0) is 20.7 Å². The Kier molecular flexibility index (Phi) is 4.10. The zero-order valence-corrected chi connectivity index (χ0v) is 8.96. The lowest BCUT2D eigenvalue weighted by molar-refractivity contribution is 0.338. The van der Waals surface area contributed by atoms with Gasteiger partial charge in [0.2, 0.25) is 0 Å². The fourth-order valence-electron chi connectivity index (χ4n) is 1.13. The van der Waals surface area contributed by atoms with E-state index in [1.54, 1.807) is 6.92 Å². The van der Waals surface area contributed by atoms with Crippen LogP contribution in [0.3, 0.4) is 0 Å². The summed E-state index contributed by atoms with van der Waals surface area (Å²) in [7, 11) is -3.33. The van der Waals surface area contributed by atoms with E-state index in [1.807, 2.05) is 30.3 Å². The van der Waals surface area contributed by atoms with Gasteiger partial charge in [0.15, 0.2) is 0 Å². The minimum absolute atomic E-state index is 0.0465. The third-order valence-electron chi connectivity index (χ3n) is 1.78. The topological polar surface area (TPSA) is 43.4 Å². The van der Waals surface area contributed by atoms with Crippen LogP contribution in [-0.4, -0.2) is 20.8 Å². The van der Waals surface area contributed by atoms with Gasteiger partial charge >= 0.3 is 0 Å². The Hall–Kier alpha value is -0.870. The minimum atomic E-state index is -3.33. The Morgan fingerprint density at radius 2 is 1.86 bits per heavy atom. The van der Waals surface area contributed by atoms with Gasteiger partial charge in [-0.2, -0.15) is 8.42 Å². The van der Waals surface area contributed by atoms with Crippen LogP contribution in [0.1, 0.15) is 12.5 Å². The first kappa shape index (κ1) is 11.2. The molecule has 0 saturated heterocycles. The monoisotopic (exact) mass is 214 g/mol. The molecule has 14 heavy (non-hydrogen) atoms. The summed E-state index contributed by atoms with van der Waals surface area (Å²) < 4.78 is 27.0. The van der Waals surface area contributed by atoms with E-state index in [9.17, 15) is 8.42 Å². The second kappa shape index (κ2) is 5.12. The predicted octanol–water partition coefficient (Wildman–Crippen LogP) is 1.60. The summed E-state index contributed by atoms with van der Waals surface area (Å²) in [5.41, 5.74) is 1.01. The lowest BCUT2D eigenvalue weighted by Crippen LogP contribution is -2.12. The van der Waals surface area contributed by atoms with Crippen LogP contribution in [0, 0.1) is 0 Å². The van der Waals surface area contributed by atoms with Crippen LogP contribution in [0.15, 0.2) is 30.3 Å². The van der Waals surface area contributed by atoms with E-state index in [1.165, 1.54) is 0 Å². The summed E-state index contributed by atoms with van der Waals surface area (Å²) in [6.07, 6.45) is 0.503. The average Bonchev–Trinajstić information content (AvgIpc) is 2.17. The van der Waals surface area contributed by atoms with E-state index >= 15 is 0 Å². The minimum Gasteiger partial charge on any atom is -0.270 e. The quantitative estimate of drug-likeness (QED) is 0.699. The maximum absolute atomic E-state index is 11.2. The van der Waals surface area contributed by atoms with Crippen molar-refractivity contribution < 1.29 is 12.6 Å². The molecule has 0 spiro atoms. The molecule has 1 aromatic carbocycles. The van der Waals surface area contributed by atoms with Crippen molar-refractivity contribution in [1.29, 1.82) is 0 Å². The maximum Gasteiger partial charge on any atom is 0.267 e. The molecule has 0 radical (unpaired) electrons. The molecule has 0 heterocycles. The lowest BCUT2D eigenvalue weighted by atomic mass is 10.2. The molecule has 0 fully saturated rings. The van der Waals surface area contributed by atoms with Gasteiger partial charge in [0, 0.05) is 0 Å². The first-order chi connectivity index (χ1) is 6.64. The summed E-state index contributed by atoms with van der Waals surface area (Å²) >= 11 is 0. The van der Waals surface area contributed by atoms with Gasteiger partial charge in [-0.15, -0.1) is 0 Å². The first-order valence-corrected chi connectivity index (χ1v) is 6.13. The highest BCUT2D eigenvalue weighted by Crippen LogP contribution is 2.03. The Morgan fingerprint density at radius 3 is 2.43 bits per heavy atom. The van der Waals surface area contributed by atoms with Gasteiger partial charge in [0.05, 0.1) is 12.4 Å². The van der Waals surface area contributed by atoms with Crippen molar-refractivity contribution in [3.05, 3.63) is 35.9 Å². The molecule has 0 aliphatic heterocycles. The number of hydrogen-bond donors (Lipinski definition) is 0. The Labute approximate surface area is 84.8 Å². The SMILES string of the molecule is CCOS(=O)(=O)CCc1ccccc1. The van der Waals surface area contributed by atoms with E-state index < -0.39 is 10.1 Å². The summed E-state index contributed by atoms with van der Waals surface area (Å²) in [5.74, 6) is 0.0465. The molecule has 0 amide bonds. The molecule has 3 nitrogen and oxygen atoms in total. The Balaban J connectivity index is 2.49. The van der Waals surface area contributed by atoms with Gasteiger partial charge in [-0.05, 0) is 18.9 Å². The van der Waals surface area contributed by atoms with E-state index in [-0.39, 0.29) is 12.4 Å². The van der Waals surface area contributed by atoms with E-state index in [0.29, 0.717) is 6.42 Å². The molecule has 0 aliphatic rings. The van der Waals surface area contributed by atoms with Crippen molar-refractivity contribution in [2.75, 3.05) is 12.4 Å². The largest absolute Gasteiger partial charge is 0.270 e. The van der Waals surface area contributed by atoms with Crippen LogP contribution < -0.4 is 0 Å². The molecule has 0 bridgehead atoms. The fraction of sp³-hybridized carbons (Fsp3) is 0.400. The molecule has 1 rings (SSSR count). The molecule has 0 saturated carbocycles. The van der Waals surface area contributed by atoms with Crippen molar-refractivity contribution in [3.8, 4) is 0 Å². The molecule has 78 valence electrons. The van der Waals surface area contributed by atoms with Crippen LogP contribution >= 0.6 is 0 Å². The van der Waals surface area contributed by atoms with Crippen molar-refractivity contribution >= 4 is 10.1 Å². The second-order valence-electron chi connectivity index (χ2n) is 2.90. The van der Waals surface area contributed by atoms with Crippen molar-refractivity contribution in [2.45, 2.75) is 13.3 Å². The van der Waals surface area contributed by atoms with E-state index in [2.05, 4.69) is 4.18 Å². The summed E-state index contributed by atoms with van der Waals surface area (Å²) in [5, 5.41) is 0. The van der Waals surface area contributed by atoms with Crippen LogP contribution in [0.4, 0.5) is 0 Å². The Morgan fingerprint density at radius 1 is 1.21 bits per heavy atom. The molecular formula is C10H14O3S. The van der Waals surface area contributed by atoms with Crippen LogP contribution in [0.25, 0.3) is 0 Å². The third-order valence-corrected chi connectivity index (χ3v) is 3.08. The fourth-order valence-corrected chi connectivity index (χ4v) is 2.09. The normalized spacial score (nSPS) is 11.5. The van der Waals surface area contributed by atoms with Gasteiger partial charge in [0.25, 0.3) is 10.1 Å². The van der Waals surface area contributed by atoms with Crippen molar-refractivity contribution in [3.63, 3.8) is 0 Å². The van der Waals surface area contributed by atoms with Gasteiger partial charge in [-0.25, -0.2) is 0 Å². The number of benzene rings is 1. The van der Waals surface area contributed by atoms with Crippen molar-refractivity contribution in [2.24, 2.45) is 0 Å². The number of aryl methyl sites for hydroxylation is 1. The average molecular weight is 214 g/mol. The van der Waals surface area contributed by atoms with Gasteiger partial charge in [0.1, 0.15) is 0 Å². The van der Waals surface area contributed by atoms with E-state index in [4.69, 9.17) is 0 Å². The van der Waals surface area contributed by atoms with E-state index in [0.717, 1.165) is 5.56 Å². The second-order valence-corrected chi connectivity index (χ2v) is 4.66. The molecule has 0 unspecified atom stereocenters. The molecule has 4 heteroatoms. The third kappa shape index (κ3) is 3.89. The Bertz CT molecular complexity index is 356. The molecule has 1 aromatic rings. The first-order valence-electron chi connectivity index (χ1n) is 4.55. The summed E-state index contributed by atoms with van der Waals surface area (Å²) in [4.78, 5) is 0. The molecular weight excluding hydrogens is 200 g/mol. The lowest BCUT2D eigenvalue weighted by Gasteiger charge is -2.02. The molecule has 0 aliphatic carbocycles. The predicted molar refractivity (Wildman–Crippen MR) is 55.6 cm³/mol. The zero-order chi connectivity index (χ0) is 10.4. The number of hydrogen-bond acceptors (Lipinski definition) is 3. The molecule has 0 atom stereocenters. The zero-order valence-electron chi connectivity index (χ0n) is 8.14. The maximum atomic E-state index is 11.2. The summed E-state index contributed by atoms with van der Waals surface area (Å²) in [6.45, 7) is 1.87. The van der Waals surface area contributed by atoms with Crippen LogP contribution in [0.5, 0.6) is 0 Å². The highest BCUT2D eigenvalue weighted by atomic mass is 32.2. The van der Waals surface area contributed by atoms with Gasteiger partial charge in [-0.1, -0.05) is 30.3 Å². The number of rotatable bonds is 5. The highest BCUT2D eigenvalue weighted by molar-refractivity contribution is 7.86. The summed E-state index contributed by atoms with van der Waals surface area (Å²) in [6, 6.07) is 9.49. The highest BCUT2D eigenvalue weighted by Gasteiger charge is 2.09. The molecule has 0 N–H and O–H groups in total. The van der Waals surface area contributed by atoms with Crippen molar-refractivity contribution in [1.82, 2.24) is 0 Å².